The number of carbonyl (C=O) groups excluding carboxylic acids is 4. The lowest BCUT2D eigenvalue weighted by atomic mass is 10.1. The van der Waals surface area contributed by atoms with Gasteiger partial charge in [0.1, 0.15) is 5.50 Å². The first-order valence-electron chi connectivity index (χ1n) is 13.4. The van der Waals surface area contributed by atoms with Gasteiger partial charge in [-0.05, 0) is 51.9 Å². The van der Waals surface area contributed by atoms with Gasteiger partial charge in [0.15, 0.2) is 5.11 Å². The summed E-state index contributed by atoms with van der Waals surface area (Å²) in [7, 11) is 3.50. The van der Waals surface area contributed by atoms with Crippen molar-refractivity contribution in [1.82, 2.24) is 20.4 Å². The van der Waals surface area contributed by atoms with Crippen molar-refractivity contribution in [2.75, 3.05) is 27.2 Å². The third-order valence-corrected chi connectivity index (χ3v) is 9.05. The highest BCUT2D eigenvalue weighted by Crippen LogP contribution is 2.23. The Kier molecular flexibility index (Phi) is 11.4. The second-order valence-electron chi connectivity index (χ2n) is 10.0. The zero-order valence-corrected chi connectivity index (χ0v) is 26.9. The number of halogens is 1. The molecule has 0 aromatic heterocycles. The molecule has 0 spiro atoms. The molecule has 2 amide bonds. The predicted molar refractivity (Wildman–Crippen MR) is 180 cm³/mol. The van der Waals surface area contributed by atoms with E-state index in [4.69, 9.17) is 12.2 Å². The van der Waals surface area contributed by atoms with Gasteiger partial charge in [0.05, 0.1) is 13.1 Å². The predicted octanol–water partition coefficient (Wildman–Crippen LogP) is 4.62. The van der Waals surface area contributed by atoms with Gasteiger partial charge in [-0.2, -0.15) is 0 Å². The molecule has 2 aliphatic heterocycles. The second kappa shape index (κ2) is 15.2. The number of thiocarbonyl (C=S) groups is 1. The average molecular weight is 680 g/mol. The largest absolute Gasteiger partial charge is 0.344 e. The minimum absolute atomic E-state index is 0.0880. The van der Waals surface area contributed by atoms with Gasteiger partial charge in [0, 0.05) is 18.1 Å². The topological polar surface area (TPSA) is 98.8 Å². The van der Waals surface area contributed by atoms with E-state index in [-0.39, 0.29) is 24.4 Å². The molecule has 43 heavy (non-hydrogen) atoms. The second-order valence-corrected chi connectivity index (χ2v) is 12.0. The molecule has 0 radical (unpaired) electrons. The third-order valence-electron chi connectivity index (χ3n) is 6.69. The molecule has 4 aromatic rings. The Balaban J connectivity index is 0.000000163. The Morgan fingerprint density at radius 2 is 1.30 bits per heavy atom. The van der Waals surface area contributed by atoms with E-state index in [1.165, 1.54) is 37.6 Å². The van der Waals surface area contributed by atoms with E-state index >= 15 is 0 Å². The van der Waals surface area contributed by atoms with Crippen molar-refractivity contribution in [2.45, 2.75) is 16.6 Å². The van der Waals surface area contributed by atoms with E-state index in [0.717, 1.165) is 11.1 Å². The van der Waals surface area contributed by atoms with Crippen molar-refractivity contribution in [1.29, 1.82) is 0 Å². The van der Waals surface area contributed by atoms with Crippen LogP contribution in [0.5, 0.6) is 0 Å². The van der Waals surface area contributed by atoms with Gasteiger partial charge in [-0.25, -0.2) is 0 Å². The molecule has 0 aliphatic carbocycles. The highest BCUT2D eigenvalue weighted by molar-refractivity contribution is 9.08. The molecule has 222 valence electrons. The van der Waals surface area contributed by atoms with Crippen LogP contribution in [0.1, 0.15) is 11.1 Å². The van der Waals surface area contributed by atoms with Gasteiger partial charge >= 0.3 is 0 Å². The zero-order chi connectivity index (χ0) is 30.9. The van der Waals surface area contributed by atoms with Gasteiger partial charge in [0.25, 0.3) is 11.8 Å². The summed E-state index contributed by atoms with van der Waals surface area (Å²) in [5.41, 5.74) is 2.38. The zero-order valence-electron chi connectivity index (χ0n) is 23.7. The summed E-state index contributed by atoms with van der Waals surface area (Å²) in [6.07, 6.45) is 0. The molecule has 4 aromatic carbocycles. The maximum absolute atomic E-state index is 11.4. The van der Waals surface area contributed by atoms with Crippen LogP contribution in [0.4, 0.5) is 0 Å². The first-order chi connectivity index (χ1) is 20.6. The fourth-order valence-corrected chi connectivity index (χ4v) is 5.86. The number of amides is 2. The molecule has 8 nitrogen and oxygen atoms in total. The van der Waals surface area contributed by atoms with Gasteiger partial charge < -0.3 is 10.2 Å². The van der Waals surface area contributed by atoms with Crippen molar-refractivity contribution in [3.05, 3.63) is 96.1 Å². The number of likely N-dealkylation sites (N-methyl/N-ethyl adjacent to an activating group) is 2. The maximum Gasteiger partial charge on any atom is 0.295 e. The van der Waals surface area contributed by atoms with E-state index < -0.39 is 17.6 Å². The van der Waals surface area contributed by atoms with Gasteiger partial charge in [-0.1, -0.05) is 101 Å². The number of carbonyl (C=O) groups is 4. The lowest BCUT2D eigenvalue weighted by Gasteiger charge is -2.31. The Hall–Kier alpha value is -3.64. The molecule has 2 aliphatic rings. The number of hydrogen-bond acceptors (Lipinski definition) is 7. The number of Topliss-reactive ketones (excluding diaryl/α,β-unsaturated/α-hetero) is 2. The van der Waals surface area contributed by atoms with E-state index in [1.54, 1.807) is 18.8 Å². The minimum Gasteiger partial charge on any atom is -0.344 e. The van der Waals surface area contributed by atoms with Crippen molar-refractivity contribution >= 4 is 89.9 Å². The Bertz CT molecular complexity index is 1680. The fourth-order valence-electron chi connectivity index (χ4n) is 4.30. The maximum atomic E-state index is 11.4. The lowest BCUT2D eigenvalue weighted by molar-refractivity contribution is -0.141. The SMILES string of the molecule is BrCc1ccc2ccccc2c1.CN1CC(=O)C(=O)NC1=S.CN1CC(=O)C(=O)NC1SCc1ccc2ccccc2c1. The fraction of sp³-hybridized carbons (Fsp3) is 0.219. The molecule has 0 saturated carbocycles. The summed E-state index contributed by atoms with van der Waals surface area (Å²) in [5.74, 6) is -1.13. The van der Waals surface area contributed by atoms with Crippen molar-refractivity contribution in [2.24, 2.45) is 0 Å². The molecular formula is C32H31BrN4O4S2. The molecule has 2 fully saturated rings. The Morgan fingerprint density at radius 3 is 1.88 bits per heavy atom. The molecule has 11 heteroatoms. The van der Waals surface area contributed by atoms with Crippen molar-refractivity contribution in [3.8, 4) is 0 Å². The number of fused-ring (bicyclic) bond motifs is 2. The van der Waals surface area contributed by atoms with E-state index in [9.17, 15) is 19.2 Å². The quantitative estimate of drug-likeness (QED) is 0.183. The van der Waals surface area contributed by atoms with E-state index in [0.29, 0.717) is 5.11 Å². The van der Waals surface area contributed by atoms with Crippen molar-refractivity contribution in [3.63, 3.8) is 0 Å². The molecule has 1 unspecified atom stereocenters. The minimum atomic E-state index is -0.608. The number of thioether (sulfide) groups is 1. The summed E-state index contributed by atoms with van der Waals surface area (Å²) in [6, 6.07) is 29.5. The number of nitrogens with zero attached hydrogens (tertiary/aromatic N) is 2. The summed E-state index contributed by atoms with van der Waals surface area (Å²) >= 11 is 9.76. The van der Waals surface area contributed by atoms with Gasteiger partial charge in [0.2, 0.25) is 11.6 Å². The van der Waals surface area contributed by atoms with Crippen molar-refractivity contribution < 1.29 is 19.2 Å². The number of hydrogen-bond donors (Lipinski definition) is 2. The normalized spacial score (nSPS) is 17.0. The van der Waals surface area contributed by atoms with Gasteiger partial charge in [-0.15, -0.1) is 11.8 Å². The molecule has 2 N–H and O–H groups in total. The Labute approximate surface area is 268 Å². The first-order valence-corrected chi connectivity index (χ1v) is 16.0. The third kappa shape index (κ3) is 8.93. The van der Waals surface area contributed by atoms with E-state index in [1.807, 2.05) is 24.1 Å². The van der Waals surface area contributed by atoms with Crippen LogP contribution in [0, 0.1) is 0 Å². The van der Waals surface area contributed by atoms with E-state index in [2.05, 4.69) is 99.4 Å². The van der Waals surface area contributed by atoms with Crippen LogP contribution in [0.25, 0.3) is 21.5 Å². The summed E-state index contributed by atoms with van der Waals surface area (Å²) in [5, 5.41) is 11.3. The summed E-state index contributed by atoms with van der Waals surface area (Å²) < 4.78 is 0. The van der Waals surface area contributed by atoms with Gasteiger partial charge in [-0.3, -0.25) is 29.4 Å². The van der Waals surface area contributed by atoms with Crippen LogP contribution in [0.15, 0.2) is 84.9 Å². The molecule has 2 saturated heterocycles. The summed E-state index contributed by atoms with van der Waals surface area (Å²) in [6.45, 7) is 0.270. The molecule has 0 bridgehead atoms. The molecule has 2 heterocycles. The van der Waals surface area contributed by atoms with Crippen LogP contribution in [0.2, 0.25) is 0 Å². The van der Waals surface area contributed by atoms with Crippen LogP contribution in [-0.2, 0) is 30.3 Å². The molecule has 1 atom stereocenters. The Morgan fingerprint density at radius 1 is 0.767 bits per heavy atom. The highest BCUT2D eigenvalue weighted by atomic mass is 79.9. The standard InChI is InChI=1S/C16H16N2O2S.C11H9Br.C5H6N2O2S/c1-18-9-14(19)15(20)17-16(18)21-10-11-6-7-12-4-2-3-5-13(12)8-11;12-8-9-5-6-10-3-1-2-4-11(10)7-9;1-7-2-3(8)4(9)6-5(7)10/h2-8,16H,9-10H2,1H3,(H,17,20);1-7H,8H2;2H2,1H3,(H,6,9,10). The van der Waals surface area contributed by atoms with Crippen LogP contribution < -0.4 is 10.6 Å². The monoisotopic (exact) mass is 678 g/mol. The van der Waals surface area contributed by atoms with Crippen LogP contribution in [-0.4, -0.2) is 71.0 Å². The van der Waals surface area contributed by atoms with Crippen LogP contribution in [0.3, 0.4) is 0 Å². The van der Waals surface area contributed by atoms with Crippen LogP contribution >= 0.6 is 39.9 Å². The number of rotatable bonds is 4. The average Bonchev–Trinajstić information content (AvgIpc) is 3.01. The smallest absolute Gasteiger partial charge is 0.295 e. The number of benzene rings is 4. The molecular weight excluding hydrogens is 648 g/mol. The first kappa shape index (κ1) is 32.3. The summed E-state index contributed by atoms with van der Waals surface area (Å²) in [4.78, 5) is 47.3. The number of alkyl halides is 1. The number of ketones is 2. The lowest BCUT2D eigenvalue weighted by Crippen LogP contribution is -2.55. The molecule has 6 rings (SSSR count). The highest BCUT2D eigenvalue weighted by Gasteiger charge is 2.29. The number of nitrogens with one attached hydrogen (secondary N) is 2.